The Morgan fingerprint density at radius 1 is 1.04 bits per heavy atom. The lowest BCUT2D eigenvalue weighted by Gasteiger charge is -2.19. The van der Waals surface area contributed by atoms with Gasteiger partial charge in [-0.25, -0.2) is 0 Å². The molecule has 5 heteroatoms. The van der Waals surface area contributed by atoms with Crippen LogP contribution in [0, 0.1) is 5.92 Å². The number of carbonyl (C=O) groups is 1. The van der Waals surface area contributed by atoms with Gasteiger partial charge in [0.1, 0.15) is 17.6 Å². The van der Waals surface area contributed by atoms with Crippen molar-refractivity contribution in [2.24, 2.45) is 5.92 Å². The lowest BCUT2D eigenvalue weighted by atomic mass is 9.89. The highest BCUT2D eigenvalue weighted by molar-refractivity contribution is 6.33. The molecule has 0 N–H and O–H groups in total. The van der Waals surface area contributed by atoms with Gasteiger partial charge in [-0.15, -0.1) is 0 Å². The molecule has 27 heavy (non-hydrogen) atoms. The van der Waals surface area contributed by atoms with Crippen LogP contribution in [0.15, 0.2) is 57.9 Å². The van der Waals surface area contributed by atoms with Gasteiger partial charge in [0, 0.05) is 16.7 Å². The fraction of sp³-hybridized carbons (Fsp3) is 0.273. The van der Waals surface area contributed by atoms with Gasteiger partial charge in [-0.3, -0.25) is 9.59 Å². The second-order valence-corrected chi connectivity index (χ2v) is 7.28. The monoisotopic (exact) mass is 382 g/mol. The summed E-state index contributed by atoms with van der Waals surface area (Å²) in [4.78, 5) is 25.2. The molecule has 1 aliphatic rings. The van der Waals surface area contributed by atoms with Gasteiger partial charge in [0.25, 0.3) is 0 Å². The van der Waals surface area contributed by atoms with Crippen molar-refractivity contribution in [1.29, 1.82) is 0 Å². The molecule has 1 heterocycles. The molecule has 0 atom stereocenters. The summed E-state index contributed by atoms with van der Waals surface area (Å²) in [5.41, 5.74) is 1.24. The minimum Gasteiger partial charge on any atom is -0.463 e. The Morgan fingerprint density at radius 2 is 1.81 bits per heavy atom. The second kappa shape index (κ2) is 7.57. The molecule has 1 fully saturated rings. The maximum absolute atomic E-state index is 12.8. The molecule has 0 amide bonds. The number of carbonyl (C=O) groups excluding carboxylic acids is 1. The van der Waals surface area contributed by atoms with Crippen LogP contribution in [0.4, 0.5) is 0 Å². The number of benzene rings is 2. The summed E-state index contributed by atoms with van der Waals surface area (Å²) >= 11 is 6.20. The van der Waals surface area contributed by atoms with Crippen LogP contribution in [0.1, 0.15) is 32.1 Å². The van der Waals surface area contributed by atoms with E-state index in [0.717, 1.165) is 25.7 Å². The minimum absolute atomic E-state index is 0.0379. The molecule has 1 saturated carbocycles. The number of fused-ring (bicyclic) bond motifs is 1. The van der Waals surface area contributed by atoms with Crippen molar-refractivity contribution in [1.82, 2.24) is 0 Å². The van der Waals surface area contributed by atoms with E-state index in [4.69, 9.17) is 20.8 Å². The molecule has 0 saturated heterocycles. The van der Waals surface area contributed by atoms with Gasteiger partial charge in [-0.1, -0.05) is 49.1 Å². The molecule has 0 unspecified atom stereocenters. The van der Waals surface area contributed by atoms with Crippen LogP contribution in [0.2, 0.25) is 5.02 Å². The maximum atomic E-state index is 12.8. The first kappa shape index (κ1) is 17.8. The Balaban J connectivity index is 1.64. The van der Waals surface area contributed by atoms with Crippen molar-refractivity contribution < 1.29 is 13.9 Å². The summed E-state index contributed by atoms with van der Waals surface area (Å²) in [5.74, 6) is 0.153. The van der Waals surface area contributed by atoms with E-state index < -0.39 is 0 Å². The van der Waals surface area contributed by atoms with E-state index >= 15 is 0 Å². The van der Waals surface area contributed by atoms with Crippen LogP contribution < -0.4 is 10.2 Å². The Bertz CT molecular complexity index is 1050. The summed E-state index contributed by atoms with van der Waals surface area (Å²) in [5, 5.41) is 0.909. The highest BCUT2D eigenvalue weighted by Crippen LogP contribution is 2.29. The van der Waals surface area contributed by atoms with Crippen LogP contribution in [0.25, 0.3) is 22.1 Å². The number of halogens is 1. The smallest absolute Gasteiger partial charge is 0.314 e. The Labute approximate surface area is 161 Å². The van der Waals surface area contributed by atoms with E-state index in [1.807, 2.05) is 6.07 Å². The minimum atomic E-state index is -0.205. The summed E-state index contributed by atoms with van der Waals surface area (Å²) < 4.78 is 11.2. The largest absolute Gasteiger partial charge is 0.463 e. The molecule has 138 valence electrons. The van der Waals surface area contributed by atoms with Crippen molar-refractivity contribution in [3.63, 3.8) is 0 Å². The molecule has 4 rings (SSSR count). The van der Waals surface area contributed by atoms with Crippen LogP contribution in [0.5, 0.6) is 5.75 Å². The maximum Gasteiger partial charge on any atom is 0.314 e. The molecule has 1 aromatic heterocycles. The van der Waals surface area contributed by atoms with E-state index in [1.54, 1.807) is 36.4 Å². The van der Waals surface area contributed by atoms with E-state index in [-0.39, 0.29) is 17.3 Å². The first-order valence-corrected chi connectivity index (χ1v) is 9.53. The molecule has 0 bridgehead atoms. The number of hydrogen-bond acceptors (Lipinski definition) is 4. The Morgan fingerprint density at radius 3 is 2.59 bits per heavy atom. The van der Waals surface area contributed by atoms with Crippen molar-refractivity contribution >= 4 is 28.5 Å². The van der Waals surface area contributed by atoms with Crippen LogP contribution in [-0.2, 0) is 4.79 Å². The molecule has 0 radical (unpaired) electrons. The molecule has 3 aromatic rings. The molecule has 1 aliphatic carbocycles. The predicted octanol–water partition coefficient (Wildman–Crippen LogP) is 5.60. The Kier molecular flexibility index (Phi) is 4.99. The van der Waals surface area contributed by atoms with Crippen LogP contribution in [0.3, 0.4) is 0 Å². The van der Waals surface area contributed by atoms with Gasteiger partial charge < -0.3 is 9.15 Å². The fourth-order valence-corrected chi connectivity index (χ4v) is 3.81. The summed E-state index contributed by atoms with van der Waals surface area (Å²) in [7, 11) is 0. The zero-order valence-corrected chi connectivity index (χ0v) is 15.5. The second-order valence-electron chi connectivity index (χ2n) is 6.87. The number of rotatable bonds is 3. The third-order valence-corrected chi connectivity index (χ3v) is 5.40. The topological polar surface area (TPSA) is 56.5 Å². The standard InChI is InChI=1S/C22H19ClO4/c23-19-9-5-4-8-16(19)18-13-26-20-12-15(10-11-17(20)21(18)24)27-22(25)14-6-2-1-3-7-14/h4-5,8-14H,1-3,6-7H2. The molecule has 4 nitrogen and oxygen atoms in total. The van der Waals surface area contributed by atoms with Gasteiger partial charge in [0.05, 0.1) is 16.9 Å². The van der Waals surface area contributed by atoms with Gasteiger partial charge >= 0.3 is 5.97 Å². The van der Waals surface area contributed by atoms with E-state index in [9.17, 15) is 9.59 Å². The first-order valence-electron chi connectivity index (χ1n) is 9.15. The SMILES string of the molecule is O=C(Oc1ccc2c(=O)c(-c3ccccc3Cl)coc2c1)C1CCCCC1. The number of ether oxygens (including phenoxy) is 1. The van der Waals surface area contributed by atoms with Crippen LogP contribution >= 0.6 is 11.6 Å². The molecule has 0 spiro atoms. The third-order valence-electron chi connectivity index (χ3n) is 5.07. The highest BCUT2D eigenvalue weighted by atomic mass is 35.5. The zero-order chi connectivity index (χ0) is 18.8. The van der Waals surface area contributed by atoms with Crippen molar-refractivity contribution in [3.05, 3.63) is 64.0 Å². The normalized spacial score (nSPS) is 15.0. The first-order chi connectivity index (χ1) is 13.1. The highest BCUT2D eigenvalue weighted by Gasteiger charge is 2.23. The van der Waals surface area contributed by atoms with Crippen molar-refractivity contribution in [2.45, 2.75) is 32.1 Å². The van der Waals surface area contributed by atoms with Crippen molar-refractivity contribution in [2.75, 3.05) is 0 Å². The van der Waals surface area contributed by atoms with Gasteiger partial charge in [0.2, 0.25) is 5.43 Å². The van der Waals surface area contributed by atoms with Crippen LogP contribution in [-0.4, -0.2) is 5.97 Å². The number of hydrogen-bond donors (Lipinski definition) is 0. The molecular weight excluding hydrogens is 364 g/mol. The van der Waals surface area contributed by atoms with Gasteiger partial charge in [-0.05, 0) is 31.0 Å². The average Bonchev–Trinajstić information content (AvgIpc) is 2.70. The molecular formula is C22H19ClO4. The average molecular weight is 383 g/mol. The molecule has 2 aromatic carbocycles. The summed E-state index contributed by atoms with van der Waals surface area (Å²) in [6.45, 7) is 0. The summed E-state index contributed by atoms with van der Waals surface area (Å²) in [6.07, 6.45) is 6.47. The zero-order valence-electron chi connectivity index (χ0n) is 14.7. The van der Waals surface area contributed by atoms with Gasteiger partial charge in [0.15, 0.2) is 0 Å². The van der Waals surface area contributed by atoms with Crippen molar-refractivity contribution in [3.8, 4) is 16.9 Å². The van der Waals surface area contributed by atoms with Gasteiger partial charge in [-0.2, -0.15) is 0 Å². The Hall–Kier alpha value is -2.59. The lowest BCUT2D eigenvalue weighted by molar-refractivity contribution is -0.139. The quantitative estimate of drug-likeness (QED) is 0.437. The van der Waals surface area contributed by atoms with E-state index in [2.05, 4.69) is 0 Å². The molecule has 0 aliphatic heterocycles. The summed E-state index contributed by atoms with van der Waals surface area (Å²) in [6, 6.07) is 12.0. The fourth-order valence-electron chi connectivity index (χ4n) is 3.58. The number of esters is 1. The van der Waals surface area contributed by atoms with E-state index in [1.165, 1.54) is 12.7 Å². The third kappa shape index (κ3) is 3.62. The lowest BCUT2D eigenvalue weighted by Crippen LogP contribution is -2.22. The van der Waals surface area contributed by atoms with E-state index in [0.29, 0.717) is 32.9 Å². The predicted molar refractivity (Wildman–Crippen MR) is 105 cm³/mol.